The van der Waals surface area contributed by atoms with Crippen LogP contribution in [-0.4, -0.2) is 11.7 Å². The number of hydrogen-bond acceptors (Lipinski definition) is 3. The van der Waals surface area contributed by atoms with Crippen LogP contribution in [0.2, 0.25) is 0 Å². The molecule has 0 fully saturated rings. The summed E-state index contributed by atoms with van der Waals surface area (Å²) in [6, 6.07) is 7.57. The summed E-state index contributed by atoms with van der Waals surface area (Å²) in [5.74, 6) is 1.03. The topological polar surface area (TPSA) is 26.3 Å². The molecule has 0 amide bonds. The Morgan fingerprint density at radius 3 is 2.53 bits per heavy atom. The Balaban J connectivity index is 3.11. The SMILES string of the molecule is CC(=O)Oc1ccccc1C(C)(C)CS. The molecule has 0 heterocycles. The summed E-state index contributed by atoms with van der Waals surface area (Å²) in [6.45, 7) is 5.55. The quantitative estimate of drug-likeness (QED) is 0.485. The lowest BCUT2D eigenvalue weighted by atomic mass is 9.86. The van der Waals surface area contributed by atoms with Crippen molar-refractivity contribution in [1.82, 2.24) is 0 Å². The van der Waals surface area contributed by atoms with Crippen molar-refractivity contribution < 1.29 is 9.53 Å². The Morgan fingerprint density at radius 2 is 2.00 bits per heavy atom. The van der Waals surface area contributed by atoms with E-state index in [1.807, 2.05) is 24.3 Å². The van der Waals surface area contributed by atoms with Crippen molar-refractivity contribution >= 4 is 18.6 Å². The predicted molar refractivity (Wildman–Crippen MR) is 64.6 cm³/mol. The van der Waals surface area contributed by atoms with Crippen molar-refractivity contribution in [3.63, 3.8) is 0 Å². The number of thiol groups is 1. The number of rotatable bonds is 3. The van der Waals surface area contributed by atoms with E-state index in [-0.39, 0.29) is 11.4 Å². The molecule has 15 heavy (non-hydrogen) atoms. The molecule has 1 rings (SSSR count). The number of benzene rings is 1. The molecule has 0 radical (unpaired) electrons. The molecule has 0 atom stereocenters. The lowest BCUT2D eigenvalue weighted by Crippen LogP contribution is -2.21. The van der Waals surface area contributed by atoms with Gasteiger partial charge in [-0.1, -0.05) is 32.0 Å². The third-order valence-corrected chi connectivity index (χ3v) is 3.06. The number of para-hydroxylation sites is 1. The third-order valence-electron chi connectivity index (χ3n) is 2.27. The average molecular weight is 224 g/mol. The summed E-state index contributed by atoms with van der Waals surface area (Å²) in [5, 5.41) is 0. The van der Waals surface area contributed by atoms with Gasteiger partial charge in [-0.2, -0.15) is 12.6 Å². The van der Waals surface area contributed by atoms with Crippen LogP contribution in [0.25, 0.3) is 0 Å². The summed E-state index contributed by atoms with van der Waals surface area (Å²) in [5.41, 5.74) is 0.907. The zero-order valence-corrected chi connectivity index (χ0v) is 10.2. The fourth-order valence-electron chi connectivity index (χ4n) is 1.35. The van der Waals surface area contributed by atoms with Crippen molar-refractivity contribution in [3.8, 4) is 5.75 Å². The van der Waals surface area contributed by atoms with Crippen molar-refractivity contribution in [3.05, 3.63) is 29.8 Å². The first-order valence-corrected chi connectivity index (χ1v) is 5.49. The van der Waals surface area contributed by atoms with Gasteiger partial charge in [0.25, 0.3) is 0 Å². The van der Waals surface area contributed by atoms with Gasteiger partial charge in [-0.15, -0.1) is 0 Å². The normalized spacial score (nSPS) is 11.2. The highest BCUT2D eigenvalue weighted by atomic mass is 32.1. The Bertz CT molecular complexity index is 358. The van der Waals surface area contributed by atoms with Crippen LogP contribution in [0.5, 0.6) is 5.75 Å². The standard InChI is InChI=1S/C12H16O2S/c1-9(13)14-11-7-5-4-6-10(11)12(2,3)8-15/h4-7,15H,8H2,1-3H3. The lowest BCUT2D eigenvalue weighted by molar-refractivity contribution is -0.131. The minimum Gasteiger partial charge on any atom is -0.426 e. The van der Waals surface area contributed by atoms with Gasteiger partial charge in [-0.05, 0) is 11.8 Å². The number of esters is 1. The molecule has 82 valence electrons. The van der Waals surface area contributed by atoms with E-state index >= 15 is 0 Å². The second-order valence-corrected chi connectivity index (χ2v) is 4.45. The van der Waals surface area contributed by atoms with E-state index in [9.17, 15) is 4.79 Å². The molecule has 3 heteroatoms. The second kappa shape index (κ2) is 4.71. The Hall–Kier alpha value is -0.960. The Morgan fingerprint density at radius 1 is 1.40 bits per heavy atom. The number of carbonyl (C=O) groups is 1. The predicted octanol–water partition coefficient (Wildman–Crippen LogP) is 2.82. The molecule has 0 unspecified atom stereocenters. The van der Waals surface area contributed by atoms with E-state index in [1.54, 1.807) is 0 Å². The first-order valence-electron chi connectivity index (χ1n) is 4.86. The van der Waals surface area contributed by atoms with Gasteiger partial charge in [0.2, 0.25) is 0 Å². The fourth-order valence-corrected chi connectivity index (χ4v) is 1.53. The van der Waals surface area contributed by atoms with Crippen LogP contribution in [0.3, 0.4) is 0 Å². The largest absolute Gasteiger partial charge is 0.426 e. The molecule has 0 aromatic heterocycles. The van der Waals surface area contributed by atoms with E-state index in [2.05, 4.69) is 26.5 Å². The average Bonchev–Trinajstić information content (AvgIpc) is 2.17. The van der Waals surface area contributed by atoms with E-state index in [0.29, 0.717) is 11.5 Å². The van der Waals surface area contributed by atoms with Crippen molar-refractivity contribution in [2.75, 3.05) is 5.75 Å². The van der Waals surface area contributed by atoms with E-state index in [1.165, 1.54) is 6.92 Å². The molecule has 0 aliphatic carbocycles. The van der Waals surface area contributed by atoms with Crippen LogP contribution < -0.4 is 4.74 Å². The molecule has 1 aromatic carbocycles. The van der Waals surface area contributed by atoms with Gasteiger partial charge in [0.05, 0.1) is 0 Å². The monoisotopic (exact) mass is 224 g/mol. The number of ether oxygens (including phenoxy) is 1. The molecule has 2 nitrogen and oxygen atoms in total. The van der Waals surface area contributed by atoms with Gasteiger partial charge in [0.15, 0.2) is 0 Å². The Labute approximate surface area is 96.1 Å². The van der Waals surface area contributed by atoms with Gasteiger partial charge < -0.3 is 4.74 Å². The minimum atomic E-state index is -0.294. The van der Waals surface area contributed by atoms with Crippen LogP contribution in [0.1, 0.15) is 26.3 Å². The summed E-state index contributed by atoms with van der Waals surface area (Å²) < 4.78 is 5.16. The van der Waals surface area contributed by atoms with Crippen molar-refractivity contribution in [2.45, 2.75) is 26.2 Å². The number of hydrogen-bond donors (Lipinski definition) is 1. The van der Waals surface area contributed by atoms with Crippen LogP contribution in [0.15, 0.2) is 24.3 Å². The lowest BCUT2D eigenvalue weighted by Gasteiger charge is -2.24. The minimum absolute atomic E-state index is 0.102. The summed E-state index contributed by atoms with van der Waals surface area (Å²) in [7, 11) is 0. The molecule has 0 saturated heterocycles. The van der Waals surface area contributed by atoms with Gasteiger partial charge in [-0.25, -0.2) is 0 Å². The van der Waals surface area contributed by atoms with Gasteiger partial charge >= 0.3 is 5.97 Å². The highest BCUT2D eigenvalue weighted by molar-refractivity contribution is 7.80. The third kappa shape index (κ3) is 2.99. The van der Waals surface area contributed by atoms with Crippen molar-refractivity contribution in [1.29, 1.82) is 0 Å². The Kier molecular flexibility index (Phi) is 3.80. The molecule has 0 aliphatic heterocycles. The molecule has 0 aliphatic rings. The molecule has 0 N–H and O–H groups in total. The van der Waals surface area contributed by atoms with Crippen LogP contribution >= 0.6 is 12.6 Å². The van der Waals surface area contributed by atoms with Crippen LogP contribution in [0.4, 0.5) is 0 Å². The zero-order valence-electron chi connectivity index (χ0n) is 9.28. The molecule has 0 spiro atoms. The molecule has 1 aromatic rings. The van der Waals surface area contributed by atoms with Gasteiger partial charge in [0.1, 0.15) is 5.75 Å². The maximum Gasteiger partial charge on any atom is 0.308 e. The fraction of sp³-hybridized carbons (Fsp3) is 0.417. The summed E-state index contributed by atoms with van der Waals surface area (Å²) in [4.78, 5) is 10.9. The van der Waals surface area contributed by atoms with E-state index in [4.69, 9.17) is 4.74 Å². The molecule has 0 bridgehead atoms. The smallest absolute Gasteiger partial charge is 0.308 e. The zero-order chi connectivity index (χ0) is 11.5. The van der Waals surface area contributed by atoms with Crippen LogP contribution in [0, 0.1) is 0 Å². The van der Waals surface area contributed by atoms with Crippen LogP contribution in [-0.2, 0) is 10.2 Å². The summed E-state index contributed by atoms with van der Waals surface area (Å²) in [6.07, 6.45) is 0. The highest BCUT2D eigenvalue weighted by Gasteiger charge is 2.23. The first-order chi connectivity index (χ1) is 6.97. The van der Waals surface area contributed by atoms with Gasteiger partial charge in [-0.3, -0.25) is 4.79 Å². The number of carbonyl (C=O) groups excluding carboxylic acids is 1. The second-order valence-electron chi connectivity index (χ2n) is 4.13. The van der Waals surface area contributed by atoms with E-state index < -0.39 is 0 Å². The van der Waals surface area contributed by atoms with Gasteiger partial charge in [0, 0.05) is 17.9 Å². The highest BCUT2D eigenvalue weighted by Crippen LogP contribution is 2.32. The molecular formula is C12H16O2S. The maximum absolute atomic E-state index is 10.9. The first kappa shape index (κ1) is 12.1. The maximum atomic E-state index is 10.9. The molecule has 0 saturated carbocycles. The van der Waals surface area contributed by atoms with Crippen molar-refractivity contribution in [2.24, 2.45) is 0 Å². The molecular weight excluding hydrogens is 208 g/mol. The van der Waals surface area contributed by atoms with E-state index in [0.717, 1.165) is 5.56 Å². The summed E-state index contributed by atoms with van der Waals surface area (Å²) >= 11 is 4.31.